The van der Waals surface area contributed by atoms with E-state index in [1.807, 2.05) is 6.92 Å². The van der Waals surface area contributed by atoms with Crippen LogP contribution in [-0.2, 0) is 4.79 Å². The molecule has 0 unspecified atom stereocenters. The second-order valence-electron chi connectivity index (χ2n) is 6.67. The van der Waals surface area contributed by atoms with Gasteiger partial charge in [0.05, 0.1) is 0 Å². The van der Waals surface area contributed by atoms with Gasteiger partial charge in [0.1, 0.15) is 5.78 Å². The number of carbonyl (C=O) groups is 1. The maximum atomic E-state index is 12.5. The minimum atomic E-state index is 0.0278. The van der Waals surface area contributed by atoms with Crippen LogP contribution in [0, 0.1) is 11.8 Å². The summed E-state index contributed by atoms with van der Waals surface area (Å²) >= 11 is 0. The van der Waals surface area contributed by atoms with Gasteiger partial charge < -0.3 is 0 Å². The molecular formula is C20H30O. The van der Waals surface area contributed by atoms with Crippen LogP contribution in [-0.4, -0.2) is 5.78 Å². The second-order valence-corrected chi connectivity index (χ2v) is 6.67. The fourth-order valence-electron chi connectivity index (χ4n) is 2.77. The minimum absolute atomic E-state index is 0.0278. The zero-order valence-electron chi connectivity index (χ0n) is 14.2. The smallest absolute Gasteiger partial charge is 0.140 e. The summed E-state index contributed by atoms with van der Waals surface area (Å²) in [5.74, 6) is 0.771. The number of Topliss-reactive ketones (excluding diaryl/α,β-unsaturated/α-hetero) is 1. The fraction of sp³-hybridized carbons (Fsp3) is 0.600. The summed E-state index contributed by atoms with van der Waals surface area (Å²) in [7, 11) is 0. The van der Waals surface area contributed by atoms with Crippen LogP contribution in [0.3, 0.4) is 0 Å². The summed E-state index contributed by atoms with van der Waals surface area (Å²) in [4.78, 5) is 12.5. The molecule has 0 fully saturated rings. The van der Waals surface area contributed by atoms with Crippen molar-refractivity contribution in [2.75, 3.05) is 0 Å². The van der Waals surface area contributed by atoms with Crippen molar-refractivity contribution in [2.45, 2.75) is 66.2 Å². The SMILES string of the molecule is C=C(C)[C@@H]1CC/C(C)=C\CCC(C)=C=CC[C@@H](C)CC1=O. The van der Waals surface area contributed by atoms with E-state index >= 15 is 0 Å². The first-order valence-corrected chi connectivity index (χ1v) is 8.14. The molecule has 0 saturated carbocycles. The molecule has 0 N–H and O–H groups in total. The van der Waals surface area contributed by atoms with Gasteiger partial charge in [-0.05, 0) is 70.4 Å². The van der Waals surface area contributed by atoms with Crippen LogP contribution in [0.4, 0.5) is 0 Å². The summed E-state index contributed by atoms with van der Waals surface area (Å²) in [5, 5.41) is 0. The lowest BCUT2D eigenvalue weighted by molar-refractivity contribution is -0.122. The molecule has 21 heavy (non-hydrogen) atoms. The molecule has 116 valence electrons. The molecule has 0 amide bonds. The van der Waals surface area contributed by atoms with Gasteiger partial charge in [0.25, 0.3) is 0 Å². The van der Waals surface area contributed by atoms with E-state index in [1.54, 1.807) is 0 Å². The van der Waals surface area contributed by atoms with E-state index in [2.05, 4.69) is 45.2 Å². The highest BCUT2D eigenvalue weighted by Crippen LogP contribution is 2.24. The van der Waals surface area contributed by atoms with Crippen LogP contribution >= 0.6 is 0 Å². The third-order valence-corrected chi connectivity index (χ3v) is 4.24. The highest BCUT2D eigenvalue weighted by molar-refractivity contribution is 5.83. The third kappa shape index (κ3) is 6.78. The molecule has 1 aliphatic rings. The van der Waals surface area contributed by atoms with Gasteiger partial charge in [-0.2, -0.15) is 0 Å². The Labute approximate surface area is 130 Å². The summed E-state index contributed by atoms with van der Waals surface area (Å²) in [6, 6.07) is 0. The monoisotopic (exact) mass is 286 g/mol. The predicted molar refractivity (Wildman–Crippen MR) is 91.2 cm³/mol. The Kier molecular flexibility index (Phi) is 7.47. The molecule has 0 aromatic carbocycles. The summed E-state index contributed by atoms with van der Waals surface area (Å²) in [6.45, 7) is 12.5. The van der Waals surface area contributed by atoms with Gasteiger partial charge in [-0.25, -0.2) is 0 Å². The van der Waals surface area contributed by atoms with Crippen molar-refractivity contribution in [2.24, 2.45) is 11.8 Å². The number of allylic oxidation sites excluding steroid dienone is 4. The lowest BCUT2D eigenvalue weighted by atomic mass is 9.85. The maximum Gasteiger partial charge on any atom is 0.140 e. The average molecular weight is 286 g/mol. The second kappa shape index (κ2) is 8.85. The molecule has 1 nitrogen and oxygen atoms in total. The van der Waals surface area contributed by atoms with E-state index in [9.17, 15) is 4.79 Å². The summed E-state index contributed by atoms with van der Waals surface area (Å²) < 4.78 is 0. The molecule has 0 aromatic rings. The van der Waals surface area contributed by atoms with Crippen molar-refractivity contribution < 1.29 is 4.79 Å². The zero-order valence-corrected chi connectivity index (χ0v) is 14.2. The molecule has 0 aliphatic heterocycles. The maximum absolute atomic E-state index is 12.5. The van der Waals surface area contributed by atoms with Gasteiger partial charge in [0.2, 0.25) is 0 Å². The van der Waals surface area contributed by atoms with Crippen molar-refractivity contribution in [3.63, 3.8) is 0 Å². The molecule has 0 heterocycles. The molecule has 1 rings (SSSR count). The number of ketones is 1. The van der Waals surface area contributed by atoms with E-state index in [0.29, 0.717) is 18.1 Å². The number of rotatable bonds is 1. The number of hydrogen-bond acceptors (Lipinski definition) is 1. The van der Waals surface area contributed by atoms with E-state index < -0.39 is 0 Å². The van der Waals surface area contributed by atoms with Crippen molar-refractivity contribution in [3.8, 4) is 0 Å². The van der Waals surface area contributed by atoms with Crippen molar-refractivity contribution in [3.05, 3.63) is 41.2 Å². The van der Waals surface area contributed by atoms with Crippen LogP contribution in [0.25, 0.3) is 0 Å². The van der Waals surface area contributed by atoms with Gasteiger partial charge >= 0.3 is 0 Å². The van der Waals surface area contributed by atoms with Crippen LogP contribution < -0.4 is 0 Å². The number of carbonyl (C=O) groups excluding carboxylic acids is 1. The van der Waals surface area contributed by atoms with Crippen molar-refractivity contribution in [1.82, 2.24) is 0 Å². The summed E-state index contributed by atoms with van der Waals surface area (Å²) in [6.07, 6.45) is 10.0. The summed E-state index contributed by atoms with van der Waals surface area (Å²) in [5.41, 5.74) is 7.06. The molecule has 1 aliphatic carbocycles. The zero-order chi connectivity index (χ0) is 15.8. The topological polar surface area (TPSA) is 17.1 Å². The Balaban J connectivity index is 2.90. The Morgan fingerprint density at radius 1 is 1.33 bits per heavy atom. The fourth-order valence-corrected chi connectivity index (χ4v) is 2.77. The van der Waals surface area contributed by atoms with E-state index in [1.165, 1.54) is 11.1 Å². The Hall–Kier alpha value is -1.33. The van der Waals surface area contributed by atoms with E-state index in [-0.39, 0.29) is 5.92 Å². The van der Waals surface area contributed by atoms with Gasteiger partial charge in [-0.3, -0.25) is 4.79 Å². The van der Waals surface area contributed by atoms with Crippen LogP contribution in [0.5, 0.6) is 0 Å². The average Bonchev–Trinajstić information content (AvgIpc) is 2.37. The highest BCUT2D eigenvalue weighted by Gasteiger charge is 2.20. The van der Waals surface area contributed by atoms with Gasteiger partial charge in [0, 0.05) is 12.3 Å². The molecule has 0 saturated heterocycles. The van der Waals surface area contributed by atoms with Crippen molar-refractivity contribution >= 4 is 5.78 Å². The van der Waals surface area contributed by atoms with Crippen molar-refractivity contribution in [1.29, 1.82) is 0 Å². The molecular weight excluding hydrogens is 256 g/mol. The highest BCUT2D eigenvalue weighted by atomic mass is 16.1. The first kappa shape index (κ1) is 17.7. The van der Waals surface area contributed by atoms with Gasteiger partial charge in [0.15, 0.2) is 0 Å². The van der Waals surface area contributed by atoms with Gasteiger partial charge in [-0.15, -0.1) is 5.73 Å². The number of hydrogen-bond donors (Lipinski definition) is 0. The molecule has 0 bridgehead atoms. The first-order chi connectivity index (χ1) is 9.90. The molecule has 1 heteroatoms. The van der Waals surface area contributed by atoms with Crippen LogP contribution in [0.2, 0.25) is 0 Å². The third-order valence-electron chi connectivity index (χ3n) is 4.24. The molecule has 0 aromatic heterocycles. The molecule has 0 spiro atoms. The van der Waals surface area contributed by atoms with E-state index in [0.717, 1.165) is 37.7 Å². The van der Waals surface area contributed by atoms with E-state index in [4.69, 9.17) is 0 Å². The normalized spacial score (nSPS) is 28.3. The van der Waals surface area contributed by atoms with Crippen LogP contribution in [0.1, 0.15) is 66.2 Å². The Bertz CT molecular complexity index is 472. The largest absolute Gasteiger partial charge is 0.299 e. The predicted octanol–water partition coefficient (Wildman–Crippen LogP) is 5.79. The molecule has 2 atom stereocenters. The minimum Gasteiger partial charge on any atom is -0.299 e. The lowest BCUT2D eigenvalue weighted by Crippen LogP contribution is -2.18. The van der Waals surface area contributed by atoms with Gasteiger partial charge in [-0.1, -0.05) is 30.7 Å². The standard InChI is InChI=1S/C20H30O/c1-15(2)19-13-12-17(4)10-6-8-16(3)9-7-11-18(5)14-20(19)21/h7,10,18-19H,1,6,8,11-14H2,2-5H3/b17-10-/t9?,18-,19+/m1/s1. The quantitative estimate of drug-likeness (QED) is 0.440. The van der Waals surface area contributed by atoms with Crippen LogP contribution in [0.15, 0.2) is 41.2 Å². The molecule has 0 radical (unpaired) electrons. The Morgan fingerprint density at radius 2 is 2.05 bits per heavy atom. The Morgan fingerprint density at radius 3 is 2.71 bits per heavy atom. The first-order valence-electron chi connectivity index (χ1n) is 8.14. The lowest BCUT2D eigenvalue weighted by Gasteiger charge is -2.18.